The van der Waals surface area contributed by atoms with Gasteiger partial charge in [-0.15, -0.1) is 0 Å². The summed E-state index contributed by atoms with van der Waals surface area (Å²) in [6.07, 6.45) is 5.61. The molecule has 1 aromatic carbocycles. The van der Waals surface area contributed by atoms with Gasteiger partial charge < -0.3 is 10.5 Å². The molecule has 1 atom stereocenters. The van der Waals surface area contributed by atoms with E-state index in [1.54, 1.807) is 12.0 Å². The van der Waals surface area contributed by atoms with E-state index in [9.17, 15) is 9.59 Å². The molecule has 0 bridgehead atoms. The molecular formula is C19H27N3O3S. The van der Waals surface area contributed by atoms with Crippen molar-refractivity contribution in [3.63, 3.8) is 0 Å². The molecule has 1 aliphatic heterocycles. The minimum atomic E-state index is -0.472. The minimum absolute atomic E-state index is 0.0392. The van der Waals surface area contributed by atoms with Gasteiger partial charge in [0.1, 0.15) is 11.0 Å². The number of benzene rings is 1. The Kier molecular flexibility index (Phi) is 7.97. The molecule has 0 unspecified atom stereocenters. The zero-order chi connectivity index (χ0) is 18.9. The summed E-state index contributed by atoms with van der Waals surface area (Å²) in [5.41, 5.74) is 6.04. The van der Waals surface area contributed by atoms with Gasteiger partial charge in [0.25, 0.3) is 0 Å². The molecule has 142 valence electrons. The predicted octanol–water partition coefficient (Wildman–Crippen LogP) is 3.47. The quantitative estimate of drug-likeness (QED) is 0.633. The summed E-state index contributed by atoms with van der Waals surface area (Å²) >= 11 is 1.32. The smallest absolute Gasteiger partial charge is 0.242 e. The van der Waals surface area contributed by atoms with Crippen molar-refractivity contribution >= 4 is 34.4 Å². The summed E-state index contributed by atoms with van der Waals surface area (Å²) in [6, 6.07) is 7.35. The van der Waals surface area contributed by atoms with Gasteiger partial charge >= 0.3 is 0 Å². The maximum Gasteiger partial charge on any atom is 0.242 e. The van der Waals surface area contributed by atoms with E-state index in [2.05, 4.69) is 11.9 Å². The van der Waals surface area contributed by atoms with Crippen molar-refractivity contribution in [2.24, 2.45) is 10.7 Å². The van der Waals surface area contributed by atoms with Crippen LogP contribution in [0.1, 0.15) is 45.4 Å². The lowest BCUT2D eigenvalue weighted by atomic mass is 10.1. The Morgan fingerprint density at radius 3 is 2.54 bits per heavy atom. The van der Waals surface area contributed by atoms with Crippen LogP contribution in [-0.2, 0) is 9.59 Å². The number of rotatable bonds is 10. The maximum atomic E-state index is 12.7. The van der Waals surface area contributed by atoms with E-state index in [0.29, 0.717) is 11.7 Å². The van der Waals surface area contributed by atoms with Gasteiger partial charge in [-0.25, -0.2) is 4.99 Å². The van der Waals surface area contributed by atoms with Crippen molar-refractivity contribution in [2.75, 3.05) is 13.7 Å². The van der Waals surface area contributed by atoms with Crippen molar-refractivity contribution in [1.29, 1.82) is 0 Å². The van der Waals surface area contributed by atoms with E-state index in [4.69, 9.17) is 10.5 Å². The molecule has 2 amide bonds. The van der Waals surface area contributed by atoms with Crippen LogP contribution < -0.4 is 10.5 Å². The molecule has 0 spiro atoms. The molecule has 1 saturated heterocycles. The third-order valence-corrected chi connectivity index (χ3v) is 5.36. The fraction of sp³-hybridized carbons (Fsp3) is 0.526. The van der Waals surface area contributed by atoms with Crippen LogP contribution in [-0.4, -0.2) is 40.8 Å². The second kappa shape index (κ2) is 10.2. The van der Waals surface area contributed by atoms with Crippen LogP contribution in [0.4, 0.5) is 5.69 Å². The average Bonchev–Trinajstić information content (AvgIpc) is 2.90. The van der Waals surface area contributed by atoms with Gasteiger partial charge in [-0.1, -0.05) is 44.4 Å². The summed E-state index contributed by atoms with van der Waals surface area (Å²) in [4.78, 5) is 30.2. The third kappa shape index (κ3) is 5.76. The van der Waals surface area contributed by atoms with Crippen LogP contribution in [0.5, 0.6) is 5.75 Å². The van der Waals surface area contributed by atoms with E-state index >= 15 is 0 Å². The summed E-state index contributed by atoms with van der Waals surface area (Å²) < 4.78 is 5.15. The number of primary amides is 1. The number of unbranched alkanes of at least 4 members (excludes halogenated alkanes) is 4. The monoisotopic (exact) mass is 377 g/mol. The van der Waals surface area contributed by atoms with Gasteiger partial charge in [0.05, 0.1) is 12.8 Å². The number of nitrogens with zero attached hydrogens (tertiary/aromatic N) is 2. The third-order valence-electron chi connectivity index (χ3n) is 4.19. The summed E-state index contributed by atoms with van der Waals surface area (Å²) in [6.45, 7) is 2.80. The molecule has 7 heteroatoms. The van der Waals surface area contributed by atoms with Crippen molar-refractivity contribution < 1.29 is 14.3 Å². The Morgan fingerprint density at radius 2 is 1.92 bits per heavy atom. The molecule has 6 nitrogen and oxygen atoms in total. The Morgan fingerprint density at radius 1 is 1.23 bits per heavy atom. The number of amides is 2. The predicted molar refractivity (Wildman–Crippen MR) is 106 cm³/mol. The largest absolute Gasteiger partial charge is 0.497 e. The highest BCUT2D eigenvalue weighted by Gasteiger charge is 2.38. The minimum Gasteiger partial charge on any atom is -0.497 e. The maximum absolute atomic E-state index is 12.7. The Labute approximate surface area is 159 Å². The average molecular weight is 378 g/mol. The first kappa shape index (κ1) is 20.3. The molecule has 0 saturated carbocycles. The van der Waals surface area contributed by atoms with Crippen molar-refractivity contribution in [2.45, 2.75) is 50.7 Å². The number of methoxy groups -OCH3 is 1. The molecule has 2 N–H and O–H groups in total. The Balaban J connectivity index is 2.11. The lowest BCUT2D eigenvalue weighted by Crippen LogP contribution is -2.34. The molecule has 1 heterocycles. The van der Waals surface area contributed by atoms with Gasteiger partial charge in [0, 0.05) is 13.0 Å². The SMILES string of the molecule is CCCCCCCN1C(=O)[C@@H](CC(N)=O)SC1=Nc1ccc(OC)cc1. The van der Waals surface area contributed by atoms with Gasteiger partial charge in [-0.2, -0.15) is 0 Å². The number of aliphatic imine (C=N–C) groups is 1. The molecule has 0 radical (unpaired) electrons. The Hall–Kier alpha value is -2.02. The molecular weight excluding hydrogens is 350 g/mol. The van der Waals surface area contributed by atoms with Crippen molar-refractivity contribution in [3.05, 3.63) is 24.3 Å². The summed E-state index contributed by atoms with van der Waals surface area (Å²) in [7, 11) is 1.61. The number of ether oxygens (including phenoxy) is 1. The van der Waals surface area contributed by atoms with Crippen LogP contribution in [0, 0.1) is 0 Å². The molecule has 1 fully saturated rings. The zero-order valence-corrected chi connectivity index (χ0v) is 16.3. The number of hydrogen-bond donors (Lipinski definition) is 1. The van der Waals surface area contributed by atoms with Crippen LogP contribution in [0.25, 0.3) is 0 Å². The second-order valence-corrected chi connectivity index (χ2v) is 7.44. The number of carbonyl (C=O) groups is 2. The van der Waals surface area contributed by atoms with E-state index in [1.165, 1.54) is 31.0 Å². The van der Waals surface area contributed by atoms with Crippen LogP contribution in [0.3, 0.4) is 0 Å². The van der Waals surface area contributed by atoms with Gasteiger partial charge in [0.2, 0.25) is 11.8 Å². The molecule has 1 aliphatic rings. The highest BCUT2D eigenvalue weighted by atomic mass is 32.2. The Bertz CT molecular complexity index is 646. The second-order valence-electron chi connectivity index (χ2n) is 6.27. The normalized spacial score (nSPS) is 18.5. The van der Waals surface area contributed by atoms with E-state index in [0.717, 1.165) is 24.3 Å². The number of carbonyl (C=O) groups excluding carboxylic acids is 2. The first-order valence-electron chi connectivity index (χ1n) is 9.04. The fourth-order valence-corrected chi connectivity index (χ4v) is 3.95. The zero-order valence-electron chi connectivity index (χ0n) is 15.4. The van der Waals surface area contributed by atoms with Gasteiger partial charge in [-0.05, 0) is 30.7 Å². The first-order valence-corrected chi connectivity index (χ1v) is 9.92. The van der Waals surface area contributed by atoms with Crippen molar-refractivity contribution in [3.8, 4) is 5.75 Å². The van der Waals surface area contributed by atoms with E-state index in [1.807, 2.05) is 24.3 Å². The topological polar surface area (TPSA) is 85.0 Å². The molecule has 0 aliphatic carbocycles. The van der Waals surface area contributed by atoms with Crippen molar-refractivity contribution in [1.82, 2.24) is 4.90 Å². The molecule has 0 aromatic heterocycles. The highest BCUT2D eigenvalue weighted by Crippen LogP contribution is 2.32. The lowest BCUT2D eigenvalue weighted by molar-refractivity contribution is -0.128. The standard InChI is InChI=1S/C19H27N3O3S/c1-3-4-5-6-7-12-22-18(24)16(13-17(20)23)26-19(22)21-14-8-10-15(25-2)11-9-14/h8-11,16H,3-7,12-13H2,1-2H3,(H2,20,23)/t16-/m1/s1. The van der Waals surface area contributed by atoms with Gasteiger partial charge in [0.15, 0.2) is 5.17 Å². The molecule has 1 aromatic rings. The summed E-state index contributed by atoms with van der Waals surface area (Å²) in [5, 5.41) is 0.169. The molecule has 2 rings (SSSR count). The number of nitrogens with two attached hydrogens (primary N) is 1. The lowest BCUT2D eigenvalue weighted by Gasteiger charge is -2.16. The van der Waals surface area contributed by atoms with Crippen LogP contribution >= 0.6 is 11.8 Å². The first-order chi connectivity index (χ1) is 12.5. The van der Waals surface area contributed by atoms with Crippen LogP contribution in [0.15, 0.2) is 29.3 Å². The summed E-state index contributed by atoms with van der Waals surface area (Å²) in [5.74, 6) is 0.212. The highest BCUT2D eigenvalue weighted by molar-refractivity contribution is 8.15. The fourth-order valence-electron chi connectivity index (χ4n) is 2.75. The molecule has 26 heavy (non-hydrogen) atoms. The van der Waals surface area contributed by atoms with Gasteiger partial charge in [-0.3, -0.25) is 14.5 Å². The number of amidine groups is 1. The number of hydrogen-bond acceptors (Lipinski definition) is 5. The van der Waals surface area contributed by atoms with E-state index in [-0.39, 0.29) is 12.3 Å². The van der Waals surface area contributed by atoms with E-state index < -0.39 is 11.2 Å². The van der Waals surface area contributed by atoms with Crippen LogP contribution in [0.2, 0.25) is 0 Å². The number of thioether (sulfide) groups is 1.